The summed E-state index contributed by atoms with van der Waals surface area (Å²) in [5.41, 5.74) is 0.391. The predicted octanol–water partition coefficient (Wildman–Crippen LogP) is 3.57. The average Bonchev–Trinajstić information content (AvgIpc) is 2.64. The first-order valence-corrected chi connectivity index (χ1v) is 7.60. The Bertz CT molecular complexity index is 932. The fourth-order valence-corrected chi connectivity index (χ4v) is 2.16. The highest BCUT2D eigenvalue weighted by atomic mass is 19.1. The number of carbonyl (C=O) groups excluding carboxylic acids is 1. The van der Waals surface area contributed by atoms with E-state index in [1.165, 1.54) is 24.3 Å². The molecule has 2 N–H and O–H groups in total. The number of amides is 1. The first-order chi connectivity index (χ1) is 12.5. The minimum Gasteiger partial charge on any atom is -0.346 e. The van der Waals surface area contributed by atoms with Gasteiger partial charge in [0.05, 0.1) is 5.69 Å². The Labute approximate surface area is 146 Å². The van der Waals surface area contributed by atoms with Crippen molar-refractivity contribution in [2.24, 2.45) is 0 Å². The SMILES string of the molecule is O=C(NCc1ccccc1F)c1ccc(Nc2ccc(F)cc2F)nn1. The molecule has 1 heterocycles. The van der Waals surface area contributed by atoms with Crippen molar-refractivity contribution in [3.05, 3.63) is 83.3 Å². The minimum absolute atomic E-state index is 0.00792. The number of anilines is 2. The number of aromatic nitrogens is 2. The summed E-state index contributed by atoms with van der Waals surface area (Å²) in [5.74, 6) is -2.24. The van der Waals surface area contributed by atoms with Crippen LogP contribution in [0.4, 0.5) is 24.7 Å². The number of rotatable bonds is 5. The molecule has 0 bridgehead atoms. The summed E-state index contributed by atoms with van der Waals surface area (Å²) in [6.45, 7) is 0.00792. The lowest BCUT2D eigenvalue weighted by atomic mass is 10.2. The molecule has 0 radical (unpaired) electrons. The van der Waals surface area contributed by atoms with Crippen molar-refractivity contribution in [2.75, 3.05) is 5.32 Å². The van der Waals surface area contributed by atoms with E-state index >= 15 is 0 Å². The van der Waals surface area contributed by atoms with Crippen molar-refractivity contribution >= 4 is 17.4 Å². The third-order valence-corrected chi connectivity index (χ3v) is 3.49. The molecule has 0 fully saturated rings. The maximum Gasteiger partial charge on any atom is 0.272 e. The molecule has 0 saturated carbocycles. The molecule has 0 aliphatic carbocycles. The van der Waals surface area contributed by atoms with Crippen molar-refractivity contribution in [3.8, 4) is 0 Å². The van der Waals surface area contributed by atoms with E-state index < -0.39 is 23.4 Å². The predicted molar refractivity (Wildman–Crippen MR) is 89.2 cm³/mol. The van der Waals surface area contributed by atoms with Crippen LogP contribution in [0.5, 0.6) is 0 Å². The van der Waals surface area contributed by atoms with Crippen LogP contribution in [-0.2, 0) is 6.54 Å². The topological polar surface area (TPSA) is 66.9 Å². The summed E-state index contributed by atoms with van der Waals surface area (Å²) < 4.78 is 40.0. The molecule has 0 unspecified atom stereocenters. The molecule has 132 valence electrons. The van der Waals surface area contributed by atoms with Gasteiger partial charge in [-0.25, -0.2) is 13.2 Å². The monoisotopic (exact) mass is 358 g/mol. The standard InChI is InChI=1S/C18H13F3N4O/c19-12-5-6-15(14(21)9-12)23-17-8-7-16(24-25-17)18(26)22-10-11-3-1-2-4-13(11)20/h1-9H,10H2,(H,22,26)(H,23,25). The number of benzene rings is 2. The lowest BCUT2D eigenvalue weighted by Gasteiger charge is -2.08. The van der Waals surface area contributed by atoms with Crippen molar-refractivity contribution in [3.63, 3.8) is 0 Å². The highest BCUT2D eigenvalue weighted by Crippen LogP contribution is 2.19. The summed E-state index contributed by atoms with van der Waals surface area (Å²) in [7, 11) is 0. The second-order valence-corrected chi connectivity index (χ2v) is 5.33. The van der Waals surface area contributed by atoms with Gasteiger partial charge < -0.3 is 10.6 Å². The van der Waals surface area contributed by atoms with Gasteiger partial charge in [0.2, 0.25) is 0 Å². The van der Waals surface area contributed by atoms with Crippen LogP contribution in [0, 0.1) is 17.5 Å². The van der Waals surface area contributed by atoms with Crippen LogP contribution in [0.2, 0.25) is 0 Å². The Kier molecular flexibility index (Phi) is 5.12. The van der Waals surface area contributed by atoms with E-state index in [-0.39, 0.29) is 23.7 Å². The zero-order valence-electron chi connectivity index (χ0n) is 13.3. The number of nitrogens with one attached hydrogen (secondary N) is 2. The van der Waals surface area contributed by atoms with Gasteiger partial charge in [0.1, 0.15) is 17.5 Å². The van der Waals surface area contributed by atoms with Gasteiger partial charge in [-0.1, -0.05) is 18.2 Å². The third-order valence-electron chi connectivity index (χ3n) is 3.49. The molecule has 3 aromatic rings. The molecule has 8 heteroatoms. The Morgan fingerprint density at radius 1 is 0.923 bits per heavy atom. The van der Waals surface area contributed by atoms with Crippen molar-refractivity contribution < 1.29 is 18.0 Å². The number of nitrogens with zero attached hydrogens (tertiary/aromatic N) is 2. The van der Waals surface area contributed by atoms with Crippen molar-refractivity contribution in [1.82, 2.24) is 15.5 Å². The van der Waals surface area contributed by atoms with Gasteiger partial charge >= 0.3 is 0 Å². The second-order valence-electron chi connectivity index (χ2n) is 5.33. The Morgan fingerprint density at radius 2 is 1.73 bits per heavy atom. The van der Waals surface area contributed by atoms with Crippen LogP contribution < -0.4 is 10.6 Å². The molecule has 1 amide bonds. The van der Waals surface area contributed by atoms with E-state index in [9.17, 15) is 18.0 Å². The Hall–Kier alpha value is -3.42. The van der Waals surface area contributed by atoms with Crippen LogP contribution in [-0.4, -0.2) is 16.1 Å². The first-order valence-electron chi connectivity index (χ1n) is 7.60. The van der Waals surface area contributed by atoms with Gasteiger partial charge in [0, 0.05) is 18.2 Å². The van der Waals surface area contributed by atoms with Crippen LogP contribution in [0.1, 0.15) is 16.1 Å². The first kappa shape index (κ1) is 17.4. The smallest absolute Gasteiger partial charge is 0.272 e. The molecule has 0 aliphatic rings. The van der Waals surface area contributed by atoms with Crippen LogP contribution in [0.25, 0.3) is 0 Å². The highest BCUT2D eigenvalue weighted by molar-refractivity contribution is 5.92. The molecular formula is C18H13F3N4O. The summed E-state index contributed by atoms with van der Waals surface area (Å²) >= 11 is 0. The maximum absolute atomic E-state index is 13.6. The van der Waals surface area contributed by atoms with E-state index in [0.717, 1.165) is 12.1 Å². The molecule has 0 aliphatic heterocycles. The second kappa shape index (κ2) is 7.64. The largest absolute Gasteiger partial charge is 0.346 e. The summed E-state index contributed by atoms with van der Waals surface area (Å²) in [6.07, 6.45) is 0. The quantitative estimate of drug-likeness (QED) is 0.732. The molecule has 0 atom stereocenters. The number of hydrogen-bond acceptors (Lipinski definition) is 4. The van der Waals surface area contributed by atoms with Crippen LogP contribution >= 0.6 is 0 Å². The van der Waals surface area contributed by atoms with Gasteiger partial charge in [0.15, 0.2) is 11.5 Å². The molecule has 26 heavy (non-hydrogen) atoms. The molecule has 0 saturated heterocycles. The lowest BCUT2D eigenvalue weighted by Crippen LogP contribution is -2.24. The number of halogens is 3. The van der Waals surface area contributed by atoms with Gasteiger partial charge in [-0.15, -0.1) is 10.2 Å². The molecular weight excluding hydrogens is 345 g/mol. The van der Waals surface area contributed by atoms with E-state index in [1.54, 1.807) is 18.2 Å². The zero-order chi connectivity index (χ0) is 18.5. The van der Waals surface area contributed by atoms with E-state index in [4.69, 9.17) is 0 Å². The Morgan fingerprint density at radius 3 is 2.42 bits per heavy atom. The fraction of sp³-hybridized carbons (Fsp3) is 0.0556. The maximum atomic E-state index is 13.6. The minimum atomic E-state index is -0.779. The number of hydrogen-bond donors (Lipinski definition) is 2. The van der Waals surface area contributed by atoms with Gasteiger partial charge in [-0.05, 0) is 30.3 Å². The van der Waals surface area contributed by atoms with E-state index in [2.05, 4.69) is 20.8 Å². The molecule has 5 nitrogen and oxygen atoms in total. The van der Waals surface area contributed by atoms with E-state index in [1.807, 2.05) is 0 Å². The molecule has 0 spiro atoms. The summed E-state index contributed by atoms with van der Waals surface area (Å²) in [4.78, 5) is 12.0. The fourth-order valence-electron chi connectivity index (χ4n) is 2.16. The molecule has 2 aromatic carbocycles. The molecule has 1 aromatic heterocycles. The third kappa shape index (κ3) is 4.15. The van der Waals surface area contributed by atoms with E-state index in [0.29, 0.717) is 5.56 Å². The van der Waals surface area contributed by atoms with Gasteiger partial charge in [-0.3, -0.25) is 4.79 Å². The summed E-state index contributed by atoms with van der Waals surface area (Å²) in [6, 6.07) is 12.0. The van der Waals surface area contributed by atoms with Gasteiger partial charge in [0.25, 0.3) is 5.91 Å². The van der Waals surface area contributed by atoms with Crippen molar-refractivity contribution in [1.29, 1.82) is 0 Å². The Balaban J connectivity index is 1.63. The van der Waals surface area contributed by atoms with Gasteiger partial charge in [-0.2, -0.15) is 0 Å². The summed E-state index contributed by atoms with van der Waals surface area (Å²) in [5, 5.41) is 12.7. The highest BCUT2D eigenvalue weighted by Gasteiger charge is 2.10. The zero-order valence-corrected chi connectivity index (χ0v) is 13.3. The number of carbonyl (C=O) groups is 1. The average molecular weight is 358 g/mol. The van der Waals surface area contributed by atoms with Crippen LogP contribution in [0.15, 0.2) is 54.6 Å². The lowest BCUT2D eigenvalue weighted by molar-refractivity contribution is 0.0944. The normalized spacial score (nSPS) is 10.4. The van der Waals surface area contributed by atoms with Crippen molar-refractivity contribution in [2.45, 2.75) is 6.54 Å². The molecule has 3 rings (SSSR count). The van der Waals surface area contributed by atoms with Crippen LogP contribution in [0.3, 0.4) is 0 Å².